The van der Waals surface area contributed by atoms with E-state index in [0.717, 1.165) is 42.8 Å². The number of carbonyl (C=O) groups excluding carboxylic acids is 1. The van der Waals surface area contributed by atoms with E-state index in [9.17, 15) is 4.79 Å². The fraction of sp³-hybridized carbons (Fsp3) is 0.222. The minimum Gasteiger partial charge on any atom is -0.354 e. The lowest BCUT2D eigenvalue weighted by atomic mass is 10.3. The van der Waals surface area contributed by atoms with Crippen LogP contribution < -0.4 is 10.2 Å². The van der Waals surface area contributed by atoms with E-state index in [2.05, 4.69) is 20.2 Å². The van der Waals surface area contributed by atoms with Gasteiger partial charge in [-0.2, -0.15) is 0 Å². The number of hydrogen-bond donors (Lipinski definition) is 1. The van der Waals surface area contributed by atoms with Crippen LogP contribution in [0.1, 0.15) is 23.3 Å². The van der Waals surface area contributed by atoms with Gasteiger partial charge in [0, 0.05) is 19.3 Å². The summed E-state index contributed by atoms with van der Waals surface area (Å²) >= 11 is 0. The molecule has 0 bridgehead atoms. The molecule has 6 heteroatoms. The smallest absolute Gasteiger partial charge is 0.275 e. The third-order valence-electron chi connectivity index (χ3n) is 4.09. The van der Waals surface area contributed by atoms with Crippen molar-refractivity contribution < 1.29 is 4.79 Å². The first-order valence-electron chi connectivity index (χ1n) is 8.05. The van der Waals surface area contributed by atoms with E-state index >= 15 is 0 Å². The van der Waals surface area contributed by atoms with Crippen molar-refractivity contribution in [1.29, 1.82) is 0 Å². The molecule has 1 fully saturated rings. The predicted molar refractivity (Wildman–Crippen MR) is 93.2 cm³/mol. The van der Waals surface area contributed by atoms with Gasteiger partial charge in [-0.05, 0) is 37.1 Å². The van der Waals surface area contributed by atoms with E-state index in [0.29, 0.717) is 11.5 Å². The molecule has 24 heavy (non-hydrogen) atoms. The molecule has 120 valence electrons. The number of anilines is 2. The lowest BCUT2D eigenvalue weighted by Gasteiger charge is -2.20. The highest BCUT2D eigenvalue weighted by Crippen LogP contribution is 2.28. The van der Waals surface area contributed by atoms with Gasteiger partial charge >= 0.3 is 0 Å². The van der Waals surface area contributed by atoms with Crippen molar-refractivity contribution in [1.82, 2.24) is 15.0 Å². The number of aromatic nitrogens is 3. The molecule has 3 aromatic rings. The molecule has 1 N–H and O–H groups in total. The molecule has 0 radical (unpaired) electrons. The molecule has 0 unspecified atom stereocenters. The summed E-state index contributed by atoms with van der Waals surface area (Å²) in [5.41, 5.74) is 1.95. The fourth-order valence-corrected chi connectivity index (χ4v) is 2.89. The summed E-state index contributed by atoms with van der Waals surface area (Å²) in [6.07, 6.45) is 3.85. The van der Waals surface area contributed by atoms with Crippen molar-refractivity contribution >= 4 is 28.6 Å². The van der Waals surface area contributed by atoms with Gasteiger partial charge in [0.05, 0.1) is 11.0 Å². The number of para-hydroxylation sites is 2. The zero-order valence-corrected chi connectivity index (χ0v) is 13.1. The second-order valence-corrected chi connectivity index (χ2v) is 5.75. The van der Waals surface area contributed by atoms with Crippen molar-refractivity contribution in [2.24, 2.45) is 0 Å². The molecule has 0 saturated carbocycles. The third kappa shape index (κ3) is 2.78. The topological polar surface area (TPSA) is 71.0 Å². The monoisotopic (exact) mass is 319 g/mol. The number of carbonyl (C=O) groups is 1. The van der Waals surface area contributed by atoms with Crippen molar-refractivity contribution in [2.45, 2.75) is 12.8 Å². The largest absolute Gasteiger partial charge is 0.354 e. The standard InChI is InChI=1S/C18H17N5O/c24-18(15-9-3-4-10-19-15)22-16-17(23-11-5-6-12-23)21-14-8-2-1-7-13(14)20-16/h1-4,7-10H,5-6,11-12H2,(H,20,22,24). The van der Waals surface area contributed by atoms with E-state index in [-0.39, 0.29) is 5.91 Å². The van der Waals surface area contributed by atoms with Crippen LogP contribution >= 0.6 is 0 Å². The van der Waals surface area contributed by atoms with Crippen LogP contribution in [0.2, 0.25) is 0 Å². The molecule has 1 aromatic carbocycles. The molecule has 1 aliphatic heterocycles. The molecule has 1 aliphatic rings. The molecule has 3 heterocycles. The average Bonchev–Trinajstić information content (AvgIpc) is 3.16. The first-order valence-corrected chi connectivity index (χ1v) is 8.05. The Morgan fingerprint density at radius 1 is 0.958 bits per heavy atom. The predicted octanol–water partition coefficient (Wildman–Crippen LogP) is 2.88. The van der Waals surface area contributed by atoms with E-state index in [4.69, 9.17) is 4.98 Å². The first-order chi connectivity index (χ1) is 11.8. The van der Waals surface area contributed by atoms with Crippen LogP contribution in [0.3, 0.4) is 0 Å². The van der Waals surface area contributed by atoms with E-state index in [1.165, 1.54) is 0 Å². The van der Waals surface area contributed by atoms with Gasteiger partial charge in [0.25, 0.3) is 5.91 Å². The summed E-state index contributed by atoms with van der Waals surface area (Å²) < 4.78 is 0. The molecular weight excluding hydrogens is 302 g/mol. The van der Waals surface area contributed by atoms with Crippen molar-refractivity contribution in [3.8, 4) is 0 Å². The first kappa shape index (κ1) is 14.6. The molecule has 6 nitrogen and oxygen atoms in total. The summed E-state index contributed by atoms with van der Waals surface area (Å²) in [7, 11) is 0. The Bertz CT molecular complexity index is 875. The van der Waals surface area contributed by atoms with E-state index in [1.54, 1.807) is 24.4 Å². The summed E-state index contributed by atoms with van der Waals surface area (Å²) in [6.45, 7) is 1.86. The highest BCUT2D eigenvalue weighted by molar-refractivity contribution is 6.04. The maximum Gasteiger partial charge on any atom is 0.275 e. The summed E-state index contributed by atoms with van der Waals surface area (Å²) in [5.74, 6) is 0.947. The lowest BCUT2D eigenvalue weighted by Crippen LogP contribution is -2.23. The molecule has 1 amide bonds. The zero-order chi connectivity index (χ0) is 16.4. The molecule has 4 rings (SSSR count). The van der Waals surface area contributed by atoms with Gasteiger partial charge in [-0.1, -0.05) is 18.2 Å². The second-order valence-electron chi connectivity index (χ2n) is 5.75. The Morgan fingerprint density at radius 3 is 2.38 bits per heavy atom. The minimum absolute atomic E-state index is 0.277. The van der Waals surface area contributed by atoms with E-state index < -0.39 is 0 Å². The SMILES string of the molecule is O=C(Nc1nc2ccccc2nc1N1CCCC1)c1ccccn1. The number of hydrogen-bond acceptors (Lipinski definition) is 5. The summed E-state index contributed by atoms with van der Waals surface area (Å²) in [6, 6.07) is 12.9. The quantitative estimate of drug-likeness (QED) is 0.804. The molecular formula is C18H17N5O. The number of nitrogens with zero attached hydrogens (tertiary/aromatic N) is 4. The second kappa shape index (κ2) is 6.23. The molecule has 0 atom stereocenters. The highest BCUT2D eigenvalue weighted by atomic mass is 16.1. The Balaban J connectivity index is 1.74. The van der Waals surface area contributed by atoms with Crippen LogP contribution in [0.5, 0.6) is 0 Å². The average molecular weight is 319 g/mol. The molecule has 1 saturated heterocycles. The van der Waals surface area contributed by atoms with Crippen molar-refractivity contribution in [2.75, 3.05) is 23.3 Å². The maximum atomic E-state index is 12.5. The number of benzene rings is 1. The summed E-state index contributed by atoms with van der Waals surface area (Å²) in [5, 5.41) is 2.88. The number of amides is 1. The van der Waals surface area contributed by atoms with Crippen LogP contribution in [0.15, 0.2) is 48.7 Å². The van der Waals surface area contributed by atoms with Crippen LogP contribution in [0, 0.1) is 0 Å². The van der Waals surface area contributed by atoms with Gasteiger partial charge in [-0.15, -0.1) is 0 Å². The van der Waals surface area contributed by atoms with Gasteiger partial charge in [0.2, 0.25) is 0 Å². The van der Waals surface area contributed by atoms with Crippen molar-refractivity contribution in [3.05, 3.63) is 54.4 Å². The Labute approximate surface area is 139 Å². The van der Waals surface area contributed by atoms with Crippen LogP contribution in [0.25, 0.3) is 11.0 Å². The molecule has 0 spiro atoms. The normalized spacial score (nSPS) is 14.1. The fourth-order valence-electron chi connectivity index (χ4n) is 2.89. The lowest BCUT2D eigenvalue weighted by molar-refractivity contribution is 0.102. The zero-order valence-electron chi connectivity index (χ0n) is 13.1. The third-order valence-corrected chi connectivity index (χ3v) is 4.09. The molecule has 0 aliphatic carbocycles. The Hall–Kier alpha value is -3.02. The van der Waals surface area contributed by atoms with Crippen molar-refractivity contribution in [3.63, 3.8) is 0 Å². The number of fused-ring (bicyclic) bond motifs is 1. The summed E-state index contributed by atoms with van der Waals surface area (Å²) in [4.78, 5) is 28.1. The van der Waals surface area contributed by atoms with Gasteiger partial charge in [-0.25, -0.2) is 9.97 Å². The van der Waals surface area contributed by atoms with Crippen LogP contribution in [-0.4, -0.2) is 33.9 Å². The van der Waals surface area contributed by atoms with Gasteiger partial charge < -0.3 is 10.2 Å². The van der Waals surface area contributed by atoms with Gasteiger partial charge in [0.1, 0.15) is 5.69 Å². The van der Waals surface area contributed by atoms with E-state index in [1.807, 2.05) is 24.3 Å². The maximum absolute atomic E-state index is 12.5. The molecule has 2 aromatic heterocycles. The number of pyridine rings is 1. The Kier molecular flexibility index (Phi) is 3.78. The minimum atomic E-state index is -0.277. The van der Waals surface area contributed by atoms with Crippen LogP contribution in [0.4, 0.5) is 11.6 Å². The van der Waals surface area contributed by atoms with Gasteiger partial charge in [-0.3, -0.25) is 9.78 Å². The number of nitrogens with one attached hydrogen (secondary N) is 1. The number of rotatable bonds is 3. The Morgan fingerprint density at radius 2 is 1.67 bits per heavy atom. The van der Waals surface area contributed by atoms with Gasteiger partial charge in [0.15, 0.2) is 11.6 Å². The highest BCUT2D eigenvalue weighted by Gasteiger charge is 2.21. The van der Waals surface area contributed by atoms with Crippen LogP contribution in [-0.2, 0) is 0 Å².